The van der Waals surface area contributed by atoms with E-state index in [1.165, 1.54) is 0 Å². The number of hydrogen-bond donors (Lipinski definition) is 2. The molecule has 25 heavy (non-hydrogen) atoms. The number of benzene rings is 2. The third-order valence-electron chi connectivity index (χ3n) is 3.44. The molecule has 0 bridgehead atoms. The average molecular weight is 355 g/mol. The second-order valence-corrected chi connectivity index (χ2v) is 5.72. The van der Waals surface area contributed by atoms with E-state index < -0.39 is 5.91 Å². The molecule has 2 N–H and O–H groups in total. The first kappa shape index (κ1) is 16.7. The molecule has 6 nitrogen and oxygen atoms in total. The molecule has 3 rings (SSSR count). The molecule has 0 atom stereocenters. The molecule has 2 aromatic carbocycles. The van der Waals surface area contributed by atoms with Crippen LogP contribution < -0.4 is 10.9 Å². The highest BCUT2D eigenvalue weighted by atomic mass is 35.5. The fourth-order valence-electron chi connectivity index (χ4n) is 2.19. The standard InChI is InChI=1S/C18H15ClN4O2/c19-14-8-6-13(7-9-14)12-17(24)20-21-18(25)16-10-11-23(22-16)15-4-2-1-3-5-15/h1-11H,12H2,(H,20,24)(H,21,25). The van der Waals surface area contributed by atoms with Crippen LogP contribution in [0.4, 0.5) is 0 Å². The molecule has 0 saturated carbocycles. The van der Waals surface area contributed by atoms with Crippen molar-refractivity contribution in [3.63, 3.8) is 0 Å². The molecule has 0 spiro atoms. The van der Waals surface area contributed by atoms with Crippen molar-refractivity contribution < 1.29 is 9.59 Å². The summed E-state index contributed by atoms with van der Waals surface area (Å²) in [6.07, 6.45) is 1.82. The van der Waals surface area contributed by atoms with Gasteiger partial charge >= 0.3 is 0 Å². The van der Waals surface area contributed by atoms with Crippen LogP contribution in [0.1, 0.15) is 16.1 Å². The summed E-state index contributed by atoms with van der Waals surface area (Å²) in [5.74, 6) is -0.822. The van der Waals surface area contributed by atoms with Crippen LogP contribution in [0.2, 0.25) is 5.02 Å². The molecule has 1 heterocycles. The Morgan fingerprint density at radius 3 is 2.40 bits per heavy atom. The summed E-state index contributed by atoms with van der Waals surface area (Å²) in [4.78, 5) is 23.9. The van der Waals surface area contributed by atoms with Gasteiger partial charge in [-0.05, 0) is 35.9 Å². The summed E-state index contributed by atoms with van der Waals surface area (Å²) >= 11 is 5.80. The minimum absolute atomic E-state index is 0.135. The summed E-state index contributed by atoms with van der Waals surface area (Å²) in [6.45, 7) is 0. The number of para-hydroxylation sites is 1. The maximum Gasteiger partial charge on any atom is 0.290 e. The van der Waals surface area contributed by atoms with Crippen molar-refractivity contribution >= 4 is 23.4 Å². The Morgan fingerprint density at radius 2 is 1.68 bits per heavy atom. The summed E-state index contributed by atoms with van der Waals surface area (Å²) in [5, 5.41) is 4.79. The molecule has 0 fully saturated rings. The lowest BCUT2D eigenvalue weighted by molar-refractivity contribution is -0.121. The average Bonchev–Trinajstić information content (AvgIpc) is 3.13. The summed E-state index contributed by atoms with van der Waals surface area (Å²) in [7, 11) is 0. The van der Waals surface area contributed by atoms with Crippen molar-refractivity contribution in [3.05, 3.63) is 83.1 Å². The van der Waals surface area contributed by atoms with Gasteiger partial charge in [-0.15, -0.1) is 0 Å². The quantitative estimate of drug-likeness (QED) is 0.707. The Bertz CT molecular complexity index is 876. The lowest BCUT2D eigenvalue weighted by atomic mass is 10.1. The van der Waals surface area contributed by atoms with Crippen molar-refractivity contribution in [2.45, 2.75) is 6.42 Å². The number of amides is 2. The lowest BCUT2D eigenvalue weighted by Gasteiger charge is -2.06. The molecule has 1 aromatic heterocycles. The predicted molar refractivity (Wildman–Crippen MR) is 94.3 cm³/mol. The van der Waals surface area contributed by atoms with Gasteiger partial charge in [0.1, 0.15) is 0 Å². The summed E-state index contributed by atoms with van der Waals surface area (Å²) < 4.78 is 1.59. The van der Waals surface area contributed by atoms with Crippen molar-refractivity contribution in [2.24, 2.45) is 0 Å². The smallest absolute Gasteiger partial charge is 0.273 e. The molecule has 0 radical (unpaired) electrons. The van der Waals surface area contributed by atoms with E-state index in [0.717, 1.165) is 11.3 Å². The van der Waals surface area contributed by atoms with Gasteiger partial charge in [0.2, 0.25) is 5.91 Å². The molecule has 0 aliphatic carbocycles. The number of hydrazine groups is 1. The molecule has 0 aliphatic rings. The normalized spacial score (nSPS) is 10.3. The zero-order chi connectivity index (χ0) is 17.6. The van der Waals surface area contributed by atoms with E-state index in [9.17, 15) is 9.59 Å². The highest BCUT2D eigenvalue weighted by Gasteiger charge is 2.11. The van der Waals surface area contributed by atoms with Gasteiger partial charge in [0, 0.05) is 11.2 Å². The Labute approximate surface area is 149 Å². The van der Waals surface area contributed by atoms with Crippen molar-refractivity contribution in [1.82, 2.24) is 20.6 Å². The molecular formula is C18H15ClN4O2. The van der Waals surface area contributed by atoms with Crippen LogP contribution in [0.25, 0.3) is 5.69 Å². The van der Waals surface area contributed by atoms with Crippen LogP contribution in [-0.2, 0) is 11.2 Å². The van der Waals surface area contributed by atoms with E-state index >= 15 is 0 Å². The first-order chi connectivity index (χ1) is 12.1. The number of nitrogens with zero attached hydrogens (tertiary/aromatic N) is 2. The Kier molecular flexibility index (Phi) is 5.11. The van der Waals surface area contributed by atoms with E-state index in [0.29, 0.717) is 5.02 Å². The second kappa shape index (κ2) is 7.63. The number of hydrogen-bond acceptors (Lipinski definition) is 3. The van der Waals surface area contributed by atoms with Gasteiger partial charge in [-0.1, -0.05) is 41.9 Å². The molecule has 7 heteroatoms. The van der Waals surface area contributed by atoms with Gasteiger partial charge in [0.25, 0.3) is 5.91 Å². The van der Waals surface area contributed by atoms with Gasteiger partial charge in [-0.25, -0.2) is 4.68 Å². The van der Waals surface area contributed by atoms with Crippen molar-refractivity contribution in [1.29, 1.82) is 0 Å². The maximum atomic E-state index is 12.1. The SMILES string of the molecule is O=C(Cc1ccc(Cl)cc1)NNC(=O)c1ccn(-c2ccccc2)n1. The first-order valence-corrected chi connectivity index (χ1v) is 7.94. The van der Waals surface area contributed by atoms with Gasteiger partial charge in [0.05, 0.1) is 12.1 Å². The van der Waals surface area contributed by atoms with Crippen LogP contribution in [0, 0.1) is 0 Å². The Morgan fingerprint density at radius 1 is 0.960 bits per heavy atom. The van der Waals surface area contributed by atoms with E-state index in [1.54, 1.807) is 41.2 Å². The number of nitrogens with one attached hydrogen (secondary N) is 2. The van der Waals surface area contributed by atoms with E-state index in [4.69, 9.17) is 11.6 Å². The maximum absolute atomic E-state index is 12.1. The molecular weight excluding hydrogens is 340 g/mol. The van der Waals surface area contributed by atoms with Crippen molar-refractivity contribution in [2.75, 3.05) is 0 Å². The number of rotatable bonds is 4. The van der Waals surface area contributed by atoms with Gasteiger partial charge in [0.15, 0.2) is 5.69 Å². The lowest BCUT2D eigenvalue weighted by Crippen LogP contribution is -2.42. The molecule has 126 valence electrons. The third-order valence-corrected chi connectivity index (χ3v) is 3.69. The number of carbonyl (C=O) groups is 2. The van der Waals surface area contributed by atoms with Gasteiger partial charge in [-0.3, -0.25) is 20.4 Å². The molecule has 2 amide bonds. The van der Waals surface area contributed by atoms with E-state index in [2.05, 4.69) is 16.0 Å². The van der Waals surface area contributed by atoms with Crippen LogP contribution >= 0.6 is 11.6 Å². The van der Waals surface area contributed by atoms with Gasteiger partial charge < -0.3 is 0 Å². The molecule has 0 unspecified atom stereocenters. The number of halogens is 1. The Hall–Kier alpha value is -3.12. The van der Waals surface area contributed by atoms with Crippen LogP contribution in [-0.4, -0.2) is 21.6 Å². The summed E-state index contributed by atoms with van der Waals surface area (Å²) in [5.41, 5.74) is 6.57. The van der Waals surface area contributed by atoms with E-state index in [1.807, 2.05) is 30.3 Å². The van der Waals surface area contributed by atoms with E-state index in [-0.39, 0.29) is 18.0 Å². The largest absolute Gasteiger partial charge is 0.290 e. The fraction of sp³-hybridized carbons (Fsp3) is 0.0556. The molecule has 0 aliphatic heterocycles. The second-order valence-electron chi connectivity index (χ2n) is 5.29. The molecule has 3 aromatic rings. The number of aromatic nitrogens is 2. The molecule has 0 saturated heterocycles. The minimum Gasteiger partial charge on any atom is -0.273 e. The number of carbonyl (C=O) groups excluding carboxylic acids is 2. The Balaban J connectivity index is 1.55. The van der Waals surface area contributed by atoms with Crippen LogP contribution in [0.3, 0.4) is 0 Å². The highest BCUT2D eigenvalue weighted by Crippen LogP contribution is 2.10. The zero-order valence-corrected chi connectivity index (χ0v) is 13.9. The van der Waals surface area contributed by atoms with Crippen molar-refractivity contribution in [3.8, 4) is 5.69 Å². The van der Waals surface area contributed by atoms with Crippen LogP contribution in [0.15, 0.2) is 66.9 Å². The minimum atomic E-state index is -0.487. The van der Waals surface area contributed by atoms with Crippen LogP contribution in [0.5, 0.6) is 0 Å². The zero-order valence-electron chi connectivity index (χ0n) is 13.1. The summed E-state index contributed by atoms with van der Waals surface area (Å²) in [6, 6.07) is 17.9. The predicted octanol–water partition coefficient (Wildman–Crippen LogP) is 2.53. The third kappa shape index (κ3) is 4.45. The monoisotopic (exact) mass is 354 g/mol. The highest BCUT2D eigenvalue weighted by molar-refractivity contribution is 6.30. The fourth-order valence-corrected chi connectivity index (χ4v) is 2.32. The van der Waals surface area contributed by atoms with Gasteiger partial charge in [-0.2, -0.15) is 5.10 Å². The topological polar surface area (TPSA) is 76.0 Å². The first-order valence-electron chi connectivity index (χ1n) is 7.56.